The molecule has 7 atom stereocenters. The maximum absolute atomic E-state index is 14.5. The van der Waals surface area contributed by atoms with E-state index in [9.17, 15) is 23.2 Å². The van der Waals surface area contributed by atoms with Crippen LogP contribution >= 0.6 is 0 Å². The molecule has 0 spiro atoms. The maximum atomic E-state index is 14.5. The molecule has 0 aromatic heterocycles. The third-order valence-corrected chi connectivity index (χ3v) is 12.3. The van der Waals surface area contributed by atoms with E-state index >= 15 is 0 Å². The van der Waals surface area contributed by atoms with Gasteiger partial charge in [-0.05, 0) is 147 Å². The lowest BCUT2D eigenvalue weighted by Crippen LogP contribution is -2.34. The van der Waals surface area contributed by atoms with Gasteiger partial charge in [-0.1, -0.05) is 61.7 Å². The average molecular weight is 612 g/mol. The molecule has 5 heteroatoms. The molecule has 0 amide bonds. The topological polar surface area (TPSA) is 40.9 Å². The Balaban J connectivity index is 1.03. The van der Waals surface area contributed by atoms with E-state index in [0.717, 1.165) is 54.9 Å². The van der Waals surface area contributed by atoms with Crippen molar-refractivity contribution in [3.8, 4) is 6.07 Å². The Hall–Kier alpha value is -3.13. The van der Waals surface area contributed by atoms with E-state index in [1.54, 1.807) is 0 Å². The summed E-state index contributed by atoms with van der Waals surface area (Å²) in [5.41, 5.74) is 3.03. The number of allylic oxidation sites excluding steroid dienone is 4. The van der Waals surface area contributed by atoms with Gasteiger partial charge in [-0.15, -0.1) is 0 Å². The number of carbonyl (C=O) groups excluding carboxylic acids is 1. The summed E-state index contributed by atoms with van der Waals surface area (Å²) in [6.07, 6.45) is 15.3. The van der Waals surface area contributed by atoms with Crippen LogP contribution in [0.1, 0.15) is 118 Å². The molecular weight excluding hydrogens is 567 g/mol. The van der Waals surface area contributed by atoms with Crippen molar-refractivity contribution in [2.75, 3.05) is 0 Å². The second kappa shape index (κ2) is 12.2. The molecule has 0 saturated heterocycles. The Morgan fingerprint density at radius 3 is 2.49 bits per heavy atom. The van der Waals surface area contributed by atoms with Crippen molar-refractivity contribution in [1.82, 2.24) is 0 Å². The number of benzene rings is 2. The zero-order valence-electron chi connectivity index (χ0n) is 26.1. The summed E-state index contributed by atoms with van der Waals surface area (Å²) in [5, 5.41) is 9.65. The quantitative estimate of drug-likeness (QED) is 0.305. The molecular formula is C40H44F3NO. The minimum Gasteiger partial charge on any atom is -0.294 e. The molecule has 2 aromatic carbocycles. The van der Waals surface area contributed by atoms with Crippen molar-refractivity contribution in [2.24, 2.45) is 35.0 Å². The van der Waals surface area contributed by atoms with Crippen LogP contribution in [-0.2, 0) is 11.0 Å². The van der Waals surface area contributed by atoms with Crippen molar-refractivity contribution in [2.45, 2.75) is 102 Å². The number of nitriles is 1. The number of halogens is 3. The molecule has 3 fully saturated rings. The summed E-state index contributed by atoms with van der Waals surface area (Å²) in [5.74, 6) is 3.22. The van der Waals surface area contributed by atoms with E-state index in [0.29, 0.717) is 41.9 Å². The van der Waals surface area contributed by atoms with E-state index in [4.69, 9.17) is 0 Å². The van der Waals surface area contributed by atoms with Crippen LogP contribution in [0, 0.1) is 46.3 Å². The number of ketones is 1. The van der Waals surface area contributed by atoms with Crippen LogP contribution in [0.4, 0.5) is 13.2 Å². The minimum absolute atomic E-state index is 0.126. The number of Topliss-reactive ketones (excluding diaryl/α,β-unsaturated/α-hetero) is 1. The van der Waals surface area contributed by atoms with E-state index < -0.39 is 11.7 Å². The number of hydrogen-bond acceptors (Lipinski definition) is 2. The second-order valence-corrected chi connectivity index (χ2v) is 15.0. The van der Waals surface area contributed by atoms with Gasteiger partial charge in [0.1, 0.15) is 0 Å². The Bertz CT molecular complexity index is 1530. The number of nitrogens with zero attached hydrogens (tertiary/aromatic N) is 1. The van der Waals surface area contributed by atoms with Crippen LogP contribution in [0.25, 0.3) is 5.57 Å². The number of fused-ring (bicyclic) bond motifs is 3. The Morgan fingerprint density at radius 2 is 1.71 bits per heavy atom. The maximum Gasteiger partial charge on any atom is 0.416 e. The summed E-state index contributed by atoms with van der Waals surface area (Å²) in [6, 6.07) is 16.5. The average Bonchev–Trinajstić information content (AvgIpc) is 3.49. The van der Waals surface area contributed by atoms with Gasteiger partial charge in [-0.2, -0.15) is 18.4 Å². The smallest absolute Gasteiger partial charge is 0.294 e. The molecule has 0 N–H and O–H groups in total. The van der Waals surface area contributed by atoms with Gasteiger partial charge in [0, 0.05) is 5.41 Å². The lowest BCUT2D eigenvalue weighted by Gasteiger charge is -2.36. The fourth-order valence-electron chi connectivity index (χ4n) is 10.3. The SMILES string of the molecule is N#Cc1ccc(C(F)(F)F)cc1C1=C[C@@H]2CC(C(=O)[C@@]34CCC[C@@H]3C[C@@H](C[C@H]3CCCC(c5ccccc5)CC3)C4)=CC(C1)C2. The van der Waals surface area contributed by atoms with Gasteiger partial charge in [-0.3, -0.25) is 4.79 Å². The summed E-state index contributed by atoms with van der Waals surface area (Å²) < 4.78 is 40.5. The minimum atomic E-state index is -4.45. The Labute approximate surface area is 265 Å². The van der Waals surface area contributed by atoms with Crippen molar-refractivity contribution < 1.29 is 18.0 Å². The monoisotopic (exact) mass is 611 g/mol. The van der Waals surface area contributed by atoms with Gasteiger partial charge in [0.05, 0.1) is 17.2 Å². The molecule has 2 aromatic rings. The van der Waals surface area contributed by atoms with Crippen LogP contribution < -0.4 is 0 Å². The molecule has 0 aliphatic heterocycles. The first-order chi connectivity index (χ1) is 21.7. The van der Waals surface area contributed by atoms with Gasteiger partial charge < -0.3 is 0 Å². The molecule has 0 heterocycles. The number of hydrogen-bond donors (Lipinski definition) is 0. The highest BCUT2D eigenvalue weighted by Crippen LogP contribution is 2.60. The first-order valence-corrected chi connectivity index (χ1v) is 17.3. The molecule has 5 aliphatic carbocycles. The third-order valence-electron chi connectivity index (χ3n) is 12.3. The first kappa shape index (κ1) is 30.5. The van der Waals surface area contributed by atoms with Gasteiger partial charge in [0.15, 0.2) is 5.78 Å². The Kier molecular flexibility index (Phi) is 8.30. The third kappa shape index (κ3) is 6.07. The van der Waals surface area contributed by atoms with Crippen LogP contribution in [0.15, 0.2) is 66.3 Å². The van der Waals surface area contributed by atoms with Crippen molar-refractivity contribution in [1.29, 1.82) is 5.26 Å². The van der Waals surface area contributed by atoms with Crippen LogP contribution in [0.3, 0.4) is 0 Å². The van der Waals surface area contributed by atoms with E-state index in [1.165, 1.54) is 63.0 Å². The number of carbonyl (C=O) groups is 1. The van der Waals surface area contributed by atoms with E-state index in [-0.39, 0.29) is 22.8 Å². The standard InChI is InChI=1S/C40H44F3NO/c41-40(42,43)36-14-13-32(25-44)37(23-36)33-18-27-17-28(19-33)21-34(20-27)38(45)39-15-5-10-35(39)22-29(24-39)16-26-6-4-9-31(12-11-26)30-7-2-1-3-8-30/h1-3,7-8,13-14,18,21,23,26-29,31,35H,4-6,9-12,15-17,19-20,22,24H2/t26-,27+,28?,29+,31?,35+,39+/m0/s1. The zero-order chi connectivity index (χ0) is 31.2. The molecule has 2 unspecified atom stereocenters. The highest BCUT2D eigenvalue weighted by molar-refractivity contribution is 6.01. The van der Waals surface area contributed by atoms with Gasteiger partial charge in [0.2, 0.25) is 0 Å². The summed E-state index contributed by atoms with van der Waals surface area (Å²) in [7, 11) is 0. The summed E-state index contributed by atoms with van der Waals surface area (Å²) >= 11 is 0. The number of rotatable bonds is 6. The van der Waals surface area contributed by atoms with Crippen molar-refractivity contribution in [3.63, 3.8) is 0 Å². The fraction of sp³-hybridized carbons (Fsp3) is 0.550. The first-order valence-electron chi connectivity index (χ1n) is 17.3. The Morgan fingerprint density at radius 1 is 0.889 bits per heavy atom. The highest BCUT2D eigenvalue weighted by atomic mass is 19.4. The largest absolute Gasteiger partial charge is 0.416 e. The molecule has 45 heavy (non-hydrogen) atoms. The van der Waals surface area contributed by atoms with Gasteiger partial charge in [-0.25, -0.2) is 0 Å². The van der Waals surface area contributed by atoms with Crippen molar-refractivity contribution in [3.05, 3.63) is 88.5 Å². The zero-order valence-corrected chi connectivity index (χ0v) is 26.1. The highest BCUT2D eigenvalue weighted by Gasteiger charge is 2.55. The molecule has 7 rings (SSSR count). The van der Waals surface area contributed by atoms with E-state index in [1.807, 2.05) is 0 Å². The predicted octanol–water partition coefficient (Wildman–Crippen LogP) is 10.8. The van der Waals surface area contributed by atoms with E-state index in [2.05, 4.69) is 48.6 Å². The summed E-state index contributed by atoms with van der Waals surface area (Å²) in [4.78, 5) is 14.5. The molecule has 5 aliphatic rings. The molecule has 2 bridgehead atoms. The van der Waals surface area contributed by atoms with Gasteiger partial charge >= 0.3 is 6.18 Å². The lowest BCUT2D eigenvalue weighted by atomic mass is 9.67. The van der Waals surface area contributed by atoms with Gasteiger partial charge in [0.25, 0.3) is 0 Å². The fourth-order valence-corrected chi connectivity index (χ4v) is 10.3. The van der Waals surface area contributed by atoms with Crippen LogP contribution in [0.5, 0.6) is 0 Å². The van der Waals surface area contributed by atoms with Crippen LogP contribution in [0.2, 0.25) is 0 Å². The molecule has 0 radical (unpaired) electrons. The van der Waals surface area contributed by atoms with Crippen LogP contribution in [-0.4, -0.2) is 5.78 Å². The predicted molar refractivity (Wildman–Crippen MR) is 171 cm³/mol. The van der Waals surface area contributed by atoms with Crippen molar-refractivity contribution >= 4 is 11.4 Å². The second-order valence-electron chi connectivity index (χ2n) is 15.0. The lowest BCUT2D eigenvalue weighted by molar-refractivity contribution is -0.137. The summed E-state index contributed by atoms with van der Waals surface area (Å²) in [6.45, 7) is 0. The molecule has 3 saturated carbocycles. The molecule has 236 valence electrons. The number of alkyl halides is 3. The molecule has 2 nitrogen and oxygen atoms in total. The normalized spacial score (nSPS) is 33.0.